The maximum atomic E-state index is 12.7. The number of likely N-dealkylation sites (tertiary alicyclic amines) is 1. The highest BCUT2D eigenvalue weighted by molar-refractivity contribution is 6.30. The number of hydrogen-bond donors (Lipinski definition) is 1. The molecule has 2 aliphatic heterocycles. The van der Waals surface area contributed by atoms with Gasteiger partial charge in [0.15, 0.2) is 11.5 Å². The number of rotatable bonds is 2. The Morgan fingerprint density at radius 1 is 1.20 bits per heavy atom. The predicted molar refractivity (Wildman–Crippen MR) is 99.2 cm³/mol. The van der Waals surface area contributed by atoms with Gasteiger partial charge in [0.25, 0.3) is 5.91 Å². The van der Waals surface area contributed by atoms with E-state index in [1.807, 2.05) is 17.0 Å². The first kappa shape index (κ1) is 18.2. The molecule has 1 aromatic carbocycles. The van der Waals surface area contributed by atoms with Gasteiger partial charge in [0, 0.05) is 29.7 Å². The monoisotopic (exact) mass is 381 g/mol. The van der Waals surface area contributed by atoms with Crippen LogP contribution in [0, 0.1) is 11.8 Å². The molecule has 1 amide bonds. The van der Waals surface area contributed by atoms with Crippen molar-refractivity contribution in [2.24, 2.45) is 11.8 Å². The van der Waals surface area contributed by atoms with Crippen molar-refractivity contribution in [1.29, 1.82) is 0 Å². The highest BCUT2D eigenvalue weighted by atomic mass is 35.5. The van der Waals surface area contributed by atoms with Gasteiger partial charge in [-0.15, -0.1) is 12.4 Å². The van der Waals surface area contributed by atoms with Crippen LogP contribution < -0.4 is 5.32 Å². The molecule has 2 saturated heterocycles. The number of amides is 1. The second-order valence-electron chi connectivity index (χ2n) is 6.63. The molecular formula is C18H21Cl2N3O2. The Bertz CT molecular complexity index is 735. The highest BCUT2D eigenvalue weighted by Crippen LogP contribution is 2.28. The topological polar surface area (TPSA) is 58.4 Å². The molecule has 0 unspecified atom stereocenters. The van der Waals surface area contributed by atoms with Crippen LogP contribution in [0.4, 0.5) is 0 Å². The van der Waals surface area contributed by atoms with Crippen molar-refractivity contribution in [3.8, 4) is 11.3 Å². The van der Waals surface area contributed by atoms with Crippen molar-refractivity contribution in [2.45, 2.75) is 12.8 Å². The van der Waals surface area contributed by atoms with E-state index < -0.39 is 0 Å². The third-order valence-corrected chi connectivity index (χ3v) is 5.38. The summed E-state index contributed by atoms with van der Waals surface area (Å²) < 4.78 is 5.36. The number of carbonyl (C=O) groups is 1. The molecule has 2 aliphatic rings. The van der Waals surface area contributed by atoms with E-state index in [1.165, 1.54) is 0 Å². The quantitative estimate of drug-likeness (QED) is 0.864. The Morgan fingerprint density at radius 3 is 2.60 bits per heavy atom. The maximum Gasteiger partial charge on any atom is 0.276 e. The Morgan fingerprint density at radius 2 is 1.92 bits per heavy atom. The lowest BCUT2D eigenvalue weighted by Crippen LogP contribution is -2.32. The van der Waals surface area contributed by atoms with Gasteiger partial charge in [-0.25, -0.2) is 0 Å². The van der Waals surface area contributed by atoms with Gasteiger partial charge in [-0.1, -0.05) is 28.9 Å². The normalized spacial score (nSPS) is 22.8. The zero-order chi connectivity index (χ0) is 16.5. The lowest BCUT2D eigenvalue weighted by molar-refractivity contribution is 0.0748. The van der Waals surface area contributed by atoms with Gasteiger partial charge < -0.3 is 14.7 Å². The molecule has 3 heterocycles. The third kappa shape index (κ3) is 3.84. The minimum absolute atomic E-state index is 0. The summed E-state index contributed by atoms with van der Waals surface area (Å²) in [6.07, 6.45) is 2.12. The molecule has 1 N–H and O–H groups in total. The van der Waals surface area contributed by atoms with Crippen LogP contribution in [-0.4, -0.2) is 42.1 Å². The summed E-state index contributed by atoms with van der Waals surface area (Å²) in [5.74, 6) is 1.92. The molecule has 2 atom stereocenters. The molecule has 5 nitrogen and oxygen atoms in total. The van der Waals surface area contributed by atoms with E-state index in [2.05, 4.69) is 10.5 Å². The van der Waals surface area contributed by atoms with E-state index in [0.717, 1.165) is 44.6 Å². The van der Waals surface area contributed by atoms with Crippen molar-refractivity contribution >= 4 is 29.9 Å². The number of benzene rings is 1. The first-order valence-electron chi connectivity index (χ1n) is 8.43. The van der Waals surface area contributed by atoms with Crippen molar-refractivity contribution in [3.63, 3.8) is 0 Å². The lowest BCUT2D eigenvalue weighted by atomic mass is 9.92. The Hall–Kier alpha value is -1.56. The summed E-state index contributed by atoms with van der Waals surface area (Å²) in [5, 5.41) is 8.06. The minimum atomic E-state index is -0.0417. The molecule has 0 radical (unpaired) electrons. The van der Waals surface area contributed by atoms with Crippen LogP contribution in [0.2, 0.25) is 5.02 Å². The summed E-state index contributed by atoms with van der Waals surface area (Å²) in [6, 6.07) is 9.05. The molecule has 0 spiro atoms. The van der Waals surface area contributed by atoms with Crippen LogP contribution in [0.5, 0.6) is 0 Å². The van der Waals surface area contributed by atoms with Gasteiger partial charge in [0.1, 0.15) is 0 Å². The first-order valence-corrected chi connectivity index (χ1v) is 8.81. The molecule has 0 saturated carbocycles. The molecule has 0 bridgehead atoms. The van der Waals surface area contributed by atoms with Crippen molar-refractivity contribution < 1.29 is 9.32 Å². The zero-order valence-electron chi connectivity index (χ0n) is 13.8. The molecular weight excluding hydrogens is 361 g/mol. The largest absolute Gasteiger partial charge is 0.355 e. The number of nitrogens with one attached hydrogen (secondary N) is 1. The Kier molecular flexibility index (Phi) is 5.67. The van der Waals surface area contributed by atoms with Gasteiger partial charge in [0.05, 0.1) is 0 Å². The van der Waals surface area contributed by atoms with Gasteiger partial charge >= 0.3 is 0 Å². The van der Waals surface area contributed by atoms with Crippen LogP contribution in [-0.2, 0) is 0 Å². The summed E-state index contributed by atoms with van der Waals surface area (Å²) >= 11 is 6.01. The van der Waals surface area contributed by atoms with Crippen LogP contribution in [0.3, 0.4) is 0 Å². The number of fused-ring (bicyclic) bond motifs is 1. The zero-order valence-corrected chi connectivity index (χ0v) is 15.4. The van der Waals surface area contributed by atoms with Crippen LogP contribution in [0.25, 0.3) is 11.3 Å². The van der Waals surface area contributed by atoms with Gasteiger partial charge in [-0.05, 0) is 49.9 Å². The SMILES string of the molecule is Cl.O=C(c1cc(-c2cccc(Cl)c2)on1)N1CC[C@@H]2CNC[C@@H]2CC1. The van der Waals surface area contributed by atoms with Gasteiger partial charge in [0.2, 0.25) is 0 Å². The van der Waals surface area contributed by atoms with Crippen molar-refractivity contribution in [1.82, 2.24) is 15.4 Å². The fraction of sp³-hybridized carbons (Fsp3) is 0.444. The molecule has 2 aromatic rings. The standard InChI is InChI=1S/C18H20ClN3O2.ClH/c19-15-3-1-2-12(8-15)17-9-16(21-24-17)18(23)22-6-4-13-10-20-11-14(13)5-7-22;/h1-3,8-9,13-14,20H,4-7,10-11H2;1H/t13-,14+;. The summed E-state index contributed by atoms with van der Waals surface area (Å²) in [5.41, 5.74) is 1.20. The summed E-state index contributed by atoms with van der Waals surface area (Å²) in [7, 11) is 0. The molecule has 4 rings (SSSR count). The lowest BCUT2D eigenvalue weighted by Gasteiger charge is -2.19. The predicted octanol–water partition coefficient (Wildman–Crippen LogP) is 3.49. The van der Waals surface area contributed by atoms with E-state index in [4.69, 9.17) is 16.1 Å². The smallest absolute Gasteiger partial charge is 0.276 e. The van der Waals surface area contributed by atoms with Crippen LogP contribution in [0.1, 0.15) is 23.3 Å². The minimum Gasteiger partial charge on any atom is -0.355 e. The van der Waals surface area contributed by atoms with Crippen LogP contribution in [0.15, 0.2) is 34.9 Å². The first-order chi connectivity index (χ1) is 11.7. The third-order valence-electron chi connectivity index (χ3n) is 5.14. The fourth-order valence-corrected chi connectivity index (χ4v) is 3.93. The average Bonchev–Trinajstić information content (AvgIpc) is 3.20. The number of carbonyl (C=O) groups excluding carboxylic acids is 1. The number of hydrogen-bond acceptors (Lipinski definition) is 4. The molecule has 134 valence electrons. The number of halogens is 2. The fourth-order valence-electron chi connectivity index (χ4n) is 3.74. The van der Waals surface area contributed by atoms with Gasteiger partial charge in [-0.2, -0.15) is 0 Å². The van der Waals surface area contributed by atoms with Gasteiger partial charge in [-0.3, -0.25) is 4.79 Å². The summed E-state index contributed by atoms with van der Waals surface area (Å²) in [4.78, 5) is 14.7. The van der Waals surface area contributed by atoms with E-state index in [-0.39, 0.29) is 18.3 Å². The van der Waals surface area contributed by atoms with E-state index in [1.54, 1.807) is 18.2 Å². The summed E-state index contributed by atoms with van der Waals surface area (Å²) in [6.45, 7) is 3.74. The molecule has 25 heavy (non-hydrogen) atoms. The second-order valence-corrected chi connectivity index (χ2v) is 7.07. The maximum absolute atomic E-state index is 12.7. The molecule has 0 aliphatic carbocycles. The van der Waals surface area contributed by atoms with Crippen molar-refractivity contribution in [3.05, 3.63) is 41.0 Å². The molecule has 2 fully saturated rings. The highest BCUT2D eigenvalue weighted by Gasteiger charge is 2.32. The molecule has 1 aromatic heterocycles. The number of aromatic nitrogens is 1. The average molecular weight is 382 g/mol. The van der Waals surface area contributed by atoms with E-state index in [0.29, 0.717) is 28.3 Å². The Labute approximate surface area is 158 Å². The molecule has 7 heteroatoms. The van der Waals surface area contributed by atoms with Crippen molar-refractivity contribution in [2.75, 3.05) is 26.2 Å². The van der Waals surface area contributed by atoms with Crippen LogP contribution >= 0.6 is 24.0 Å². The van der Waals surface area contributed by atoms with E-state index >= 15 is 0 Å². The van der Waals surface area contributed by atoms with E-state index in [9.17, 15) is 4.79 Å². The second kappa shape index (κ2) is 7.77. The Balaban J connectivity index is 0.00000182. The number of nitrogens with zero attached hydrogens (tertiary/aromatic N) is 2.